The first-order valence-electron chi connectivity index (χ1n) is 9.50. The molecule has 128 valence electrons. The Bertz CT molecular complexity index is 883. The van der Waals surface area contributed by atoms with Gasteiger partial charge in [-0.2, -0.15) is 0 Å². The molecule has 1 heteroatoms. The predicted octanol–water partition coefficient (Wildman–Crippen LogP) is 6.76. The number of para-hydroxylation sites is 1. The molecule has 1 saturated carbocycles. The maximum atomic E-state index is 5.12. The second-order valence-electron chi connectivity index (χ2n) is 8.57. The third-order valence-electron chi connectivity index (χ3n) is 5.18. The number of benzene rings is 2. The van der Waals surface area contributed by atoms with Crippen LogP contribution >= 0.6 is 0 Å². The maximum absolute atomic E-state index is 5.12. The molecule has 0 aliphatic heterocycles. The van der Waals surface area contributed by atoms with Crippen LogP contribution in [0.5, 0.6) is 0 Å². The van der Waals surface area contributed by atoms with Crippen molar-refractivity contribution in [3.05, 3.63) is 65.9 Å². The van der Waals surface area contributed by atoms with Crippen molar-refractivity contribution in [3.8, 4) is 11.1 Å². The molecule has 2 aromatic carbocycles. The molecule has 1 fully saturated rings. The van der Waals surface area contributed by atoms with Crippen molar-refractivity contribution < 1.29 is 0 Å². The van der Waals surface area contributed by atoms with E-state index in [1.807, 2.05) is 0 Å². The van der Waals surface area contributed by atoms with Gasteiger partial charge >= 0.3 is 0 Å². The van der Waals surface area contributed by atoms with Crippen molar-refractivity contribution in [1.82, 2.24) is 4.98 Å². The number of rotatable bonds is 4. The second kappa shape index (κ2) is 6.29. The van der Waals surface area contributed by atoms with Crippen molar-refractivity contribution in [1.29, 1.82) is 0 Å². The van der Waals surface area contributed by atoms with Crippen LogP contribution in [0.25, 0.3) is 22.0 Å². The Hall–Kier alpha value is -2.15. The molecule has 0 bridgehead atoms. The number of pyridine rings is 1. The fourth-order valence-electron chi connectivity index (χ4n) is 3.65. The topological polar surface area (TPSA) is 12.9 Å². The van der Waals surface area contributed by atoms with E-state index in [1.165, 1.54) is 47.0 Å². The summed E-state index contributed by atoms with van der Waals surface area (Å²) in [5, 5.41) is 1.29. The molecule has 0 amide bonds. The number of hydrogen-bond donors (Lipinski definition) is 0. The summed E-state index contributed by atoms with van der Waals surface area (Å²) in [4.78, 5) is 5.12. The molecule has 25 heavy (non-hydrogen) atoms. The third-order valence-corrected chi connectivity index (χ3v) is 5.18. The Labute approximate surface area is 151 Å². The van der Waals surface area contributed by atoms with Crippen molar-refractivity contribution >= 4 is 10.9 Å². The summed E-state index contributed by atoms with van der Waals surface area (Å²) < 4.78 is 0. The van der Waals surface area contributed by atoms with Gasteiger partial charge < -0.3 is 0 Å². The molecule has 0 radical (unpaired) electrons. The Balaban J connectivity index is 1.96. The van der Waals surface area contributed by atoms with Crippen LogP contribution in [-0.2, 0) is 6.42 Å². The molecule has 0 unspecified atom stereocenters. The highest BCUT2D eigenvalue weighted by molar-refractivity contribution is 5.96. The van der Waals surface area contributed by atoms with E-state index in [1.54, 1.807) is 0 Å². The number of hydrogen-bond acceptors (Lipinski definition) is 1. The van der Waals surface area contributed by atoms with E-state index in [9.17, 15) is 0 Å². The zero-order chi connectivity index (χ0) is 17.4. The predicted molar refractivity (Wildman–Crippen MR) is 107 cm³/mol. The first-order chi connectivity index (χ1) is 12.0. The fourth-order valence-corrected chi connectivity index (χ4v) is 3.65. The monoisotopic (exact) mass is 329 g/mol. The first-order valence-corrected chi connectivity index (χ1v) is 9.50. The standard InChI is InChI=1S/C24H27N/c1-24(2,3)16-15-20-22(17-9-5-4-6-10-17)19-11-7-8-12-21(19)25-23(20)18-13-14-18/h4-12,18H,13-16H2,1-3H3. The lowest BCUT2D eigenvalue weighted by atomic mass is 9.84. The quantitative estimate of drug-likeness (QED) is 0.515. The molecule has 0 saturated heterocycles. The van der Waals surface area contributed by atoms with Crippen LogP contribution < -0.4 is 0 Å². The van der Waals surface area contributed by atoms with E-state index < -0.39 is 0 Å². The van der Waals surface area contributed by atoms with Crippen molar-refractivity contribution in [2.45, 2.75) is 52.4 Å². The lowest BCUT2D eigenvalue weighted by Crippen LogP contribution is -2.09. The average Bonchev–Trinajstić information content (AvgIpc) is 3.44. The van der Waals surface area contributed by atoms with E-state index in [4.69, 9.17) is 4.98 Å². The summed E-state index contributed by atoms with van der Waals surface area (Å²) in [6, 6.07) is 19.5. The van der Waals surface area contributed by atoms with Gasteiger partial charge in [0.25, 0.3) is 0 Å². The molecular formula is C24H27N. The molecule has 4 rings (SSSR count). The van der Waals surface area contributed by atoms with Gasteiger partial charge in [-0.15, -0.1) is 0 Å². The van der Waals surface area contributed by atoms with Gasteiger partial charge in [-0.25, -0.2) is 0 Å². The van der Waals surface area contributed by atoms with Gasteiger partial charge in [0.2, 0.25) is 0 Å². The SMILES string of the molecule is CC(C)(C)CCc1c(C2CC2)nc2ccccc2c1-c1ccccc1. The van der Waals surface area contributed by atoms with Crippen LogP contribution in [0, 0.1) is 5.41 Å². The first kappa shape index (κ1) is 16.3. The third kappa shape index (κ3) is 3.46. The van der Waals surface area contributed by atoms with E-state index in [0.29, 0.717) is 11.3 Å². The van der Waals surface area contributed by atoms with E-state index >= 15 is 0 Å². The fraction of sp³-hybridized carbons (Fsp3) is 0.375. The van der Waals surface area contributed by atoms with Crippen LogP contribution in [-0.4, -0.2) is 4.98 Å². The Morgan fingerprint density at radius 1 is 0.920 bits per heavy atom. The zero-order valence-electron chi connectivity index (χ0n) is 15.5. The Morgan fingerprint density at radius 3 is 2.28 bits per heavy atom. The molecular weight excluding hydrogens is 302 g/mol. The largest absolute Gasteiger partial charge is 0.252 e. The molecule has 0 atom stereocenters. The molecule has 1 aromatic heterocycles. The molecule has 1 heterocycles. The van der Waals surface area contributed by atoms with Crippen LogP contribution in [0.15, 0.2) is 54.6 Å². The molecule has 1 aliphatic rings. The summed E-state index contributed by atoms with van der Waals surface area (Å²) in [5.41, 5.74) is 7.07. The van der Waals surface area contributed by atoms with Crippen LogP contribution in [0.3, 0.4) is 0 Å². The second-order valence-corrected chi connectivity index (χ2v) is 8.57. The summed E-state index contributed by atoms with van der Waals surface area (Å²) in [5.74, 6) is 0.669. The zero-order valence-corrected chi connectivity index (χ0v) is 15.5. The van der Waals surface area contributed by atoms with Crippen molar-refractivity contribution in [2.75, 3.05) is 0 Å². The average molecular weight is 329 g/mol. The van der Waals surface area contributed by atoms with E-state index in [-0.39, 0.29) is 0 Å². The van der Waals surface area contributed by atoms with Gasteiger partial charge in [-0.05, 0) is 53.9 Å². The lowest BCUT2D eigenvalue weighted by molar-refractivity contribution is 0.378. The van der Waals surface area contributed by atoms with Gasteiger partial charge in [0.1, 0.15) is 0 Å². The normalized spacial score (nSPS) is 14.8. The van der Waals surface area contributed by atoms with Crippen LogP contribution in [0.1, 0.15) is 57.2 Å². The lowest BCUT2D eigenvalue weighted by Gasteiger charge is -2.22. The van der Waals surface area contributed by atoms with Gasteiger partial charge in [-0.1, -0.05) is 69.3 Å². The summed E-state index contributed by atoms with van der Waals surface area (Å²) in [7, 11) is 0. The maximum Gasteiger partial charge on any atom is 0.0711 e. The number of nitrogens with zero attached hydrogens (tertiary/aromatic N) is 1. The smallest absolute Gasteiger partial charge is 0.0711 e. The van der Waals surface area contributed by atoms with Crippen LogP contribution in [0.4, 0.5) is 0 Å². The number of fused-ring (bicyclic) bond motifs is 1. The Kier molecular flexibility index (Phi) is 4.11. The van der Waals surface area contributed by atoms with Gasteiger partial charge in [0, 0.05) is 17.0 Å². The Morgan fingerprint density at radius 2 is 1.60 bits per heavy atom. The van der Waals surface area contributed by atoms with E-state index in [0.717, 1.165) is 11.9 Å². The van der Waals surface area contributed by atoms with E-state index in [2.05, 4.69) is 75.4 Å². The highest BCUT2D eigenvalue weighted by Crippen LogP contribution is 2.45. The van der Waals surface area contributed by atoms with Gasteiger partial charge in [0.05, 0.1) is 5.52 Å². The van der Waals surface area contributed by atoms with Crippen molar-refractivity contribution in [2.24, 2.45) is 5.41 Å². The highest BCUT2D eigenvalue weighted by atomic mass is 14.7. The van der Waals surface area contributed by atoms with Crippen molar-refractivity contribution in [3.63, 3.8) is 0 Å². The molecule has 0 spiro atoms. The van der Waals surface area contributed by atoms with Gasteiger partial charge in [-0.3, -0.25) is 4.98 Å². The summed E-state index contributed by atoms with van der Waals surface area (Å²) in [6.07, 6.45) is 4.88. The minimum Gasteiger partial charge on any atom is -0.252 e. The minimum atomic E-state index is 0.334. The molecule has 1 aliphatic carbocycles. The molecule has 0 N–H and O–H groups in total. The molecule has 1 nitrogen and oxygen atoms in total. The minimum absolute atomic E-state index is 0.334. The molecule has 3 aromatic rings. The highest BCUT2D eigenvalue weighted by Gasteiger charge is 2.30. The van der Waals surface area contributed by atoms with Gasteiger partial charge in [0.15, 0.2) is 0 Å². The van der Waals surface area contributed by atoms with Crippen LogP contribution in [0.2, 0.25) is 0 Å². The number of aromatic nitrogens is 1. The summed E-state index contributed by atoms with van der Waals surface area (Å²) >= 11 is 0. The summed E-state index contributed by atoms with van der Waals surface area (Å²) in [6.45, 7) is 7.00.